The Bertz CT molecular complexity index is 2130. The quantitative estimate of drug-likeness (QED) is 0.115. The first-order chi connectivity index (χ1) is 31.5. The Hall–Kier alpha value is -2.22. The predicted octanol–water partition coefficient (Wildman–Crippen LogP) is 20.6. The van der Waals surface area contributed by atoms with Crippen molar-refractivity contribution in [1.82, 2.24) is 0 Å². The van der Waals surface area contributed by atoms with Crippen molar-refractivity contribution in [2.75, 3.05) is 0 Å². The van der Waals surface area contributed by atoms with E-state index in [2.05, 4.69) is 178 Å². The van der Waals surface area contributed by atoms with Crippen molar-refractivity contribution in [2.24, 2.45) is 10.8 Å². The molecule has 2 fully saturated rings. The second kappa shape index (κ2) is 26.1. The van der Waals surface area contributed by atoms with Crippen molar-refractivity contribution < 1.29 is 20.8 Å². The van der Waals surface area contributed by atoms with Crippen LogP contribution in [0.1, 0.15) is 180 Å². The van der Waals surface area contributed by atoms with Crippen molar-refractivity contribution in [3.05, 3.63) is 131 Å². The molecule has 0 spiro atoms. The fraction of sp³-hybridized carbons (Fsp3) is 0.516. The van der Waals surface area contributed by atoms with Gasteiger partial charge < -0.3 is 0 Å². The van der Waals surface area contributed by atoms with Gasteiger partial charge in [-0.3, -0.25) is 0 Å². The standard InChI is InChI=1S/2C30H39.C2H6Si.2ClH.Zr/c2*1-29(2,3)26-16-14-24(15-17-26)27-13-11-12-25-20-23(21-28(25)27)22-30(4)18-9-7-5-6-8-10-19-30;1-3-2;;;/h2*11-17,20-21H,5-10,18-19,22H2,1-4H3;1-2H3;2*1H;/q2*-1;;;;+4/p-2. The Morgan fingerprint density at radius 2 is 0.773 bits per heavy atom. The summed E-state index contributed by atoms with van der Waals surface area (Å²) in [4.78, 5) is 0. The van der Waals surface area contributed by atoms with Crippen LogP contribution in [0.2, 0.25) is 13.1 Å². The van der Waals surface area contributed by atoms with Crippen molar-refractivity contribution >= 4 is 48.1 Å². The average Bonchev–Trinajstić information content (AvgIpc) is 3.92. The molecular weight excluding hydrogens is 935 g/mol. The normalized spacial score (nSPS) is 16.8. The molecule has 0 amide bonds. The van der Waals surface area contributed by atoms with Crippen molar-refractivity contribution in [3.63, 3.8) is 0 Å². The molecular formula is C62H84Cl2SiZr. The van der Waals surface area contributed by atoms with Gasteiger partial charge in [-0.05, 0) is 82.4 Å². The van der Waals surface area contributed by atoms with Crippen LogP contribution in [0.5, 0.6) is 0 Å². The van der Waals surface area contributed by atoms with E-state index in [0.717, 1.165) is 9.52 Å². The van der Waals surface area contributed by atoms with E-state index in [9.17, 15) is 0 Å². The van der Waals surface area contributed by atoms with Gasteiger partial charge in [0.15, 0.2) is 0 Å². The van der Waals surface area contributed by atoms with Crippen LogP contribution in [0, 0.1) is 10.8 Å². The van der Waals surface area contributed by atoms with Crippen LogP contribution >= 0.6 is 17.0 Å². The molecule has 0 atom stereocenters. The van der Waals surface area contributed by atoms with Gasteiger partial charge >= 0.3 is 37.9 Å². The summed E-state index contributed by atoms with van der Waals surface area (Å²) in [6.07, 6.45) is 25.1. The van der Waals surface area contributed by atoms with Gasteiger partial charge in [-0.1, -0.05) is 217 Å². The van der Waals surface area contributed by atoms with Gasteiger partial charge in [0.1, 0.15) is 0 Å². The molecule has 6 aromatic rings. The molecule has 0 unspecified atom stereocenters. The van der Waals surface area contributed by atoms with E-state index in [0.29, 0.717) is 10.8 Å². The average molecular weight is 1020 g/mol. The van der Waals surface area contributed by atoms with Crippen LogP contribution in [0.4, 0.5) is 0 Å². The zero-order valence-corrected chi connectivity index (χ0v) is 47.8. The van der Waals surface area contributed by atoms with Crippen LogP contribution in [0.3, 0.4) is 0 Å². The van der Waals surface area contributed by atoms with Gasteiger partial charge in [-0.15, -0.1) is 69.1 Å². The first kappa shape index (κ1) is 54.7. The fourth-order valence-electron chi connectivity index (χ4n) is 10.8. The number of rotatable bonds is 6. The molecule has 0 heterocycles. The summed E-state index contributed by atoms with van der Waals surface area (Å²) in [5.41, 5.74) is 12.6. The molecule has 2 aliphatic carbocycles. The molecule has 6 aromatic carbocycles. The molecule has 2 saturated carbocycles. The summed E-state index contributed by atoms with van der Waals surface area (Å²) in [5, 5.41) is 5.63. The van der Waals surface area contributed by atoms with E-state index in [-0.39, 0.29) is 10.8 Å². The van der Waals surface area contributed by atoms with Crippen LogP contribution < -0.4 is 0 Å². The molecule has 2 radical (unpaired) electrons. The summed E-state index contributed by atoms with van der Waals surface area (Å²) in [6.45, 7) is 23.1. The van der Waals surface area contributed by atoms with E-state index >= 15 is 0 Å². The summed E-state index contributed by atoms with van der Waals surface area (Å²) >= 11 is -0.826. The summed E-state index contributed by atoms with van der Waals surface area (Å²) in [5.74, 6) is 0. The summed E-state index contributed by atoms with van der Waals surface area (Å²) in [6, 6.07) is 41.9. The first-order valence-corrected chi connectivity index (χ1v) is 34.0. The zero-order valence-electron chi connectivity index (χ0n) is 42.9. The second-order valence-electron chi connectivity index (χ2n) is 22.8. The third-order valence-corrected chi connectivity index (χ3v) is 14.6. The van der Waals surface area contributed by atoms with E-state index in [1.54, 1.807) is 0 Å². The molecule has 2 aliphatic rings. The van der Waals surface area contributed by atoms with Gasteiger partial charge in [-0.25, -0.2) is 0 Å². The molecule has 66 heavy (non-hydrogen) atoms. The Labute approximate surface area is 425 Å². The Kier molecular flexibility index (Phi) is 21.7. The fourth-order valence-corrected chi connectivity index (χ4v) is 10.8. The summed E-state index contributed by atoms with van der Waals surface area (Å²) in [7, 11) is 11.0. The minimum absolute atomic E-state index is 0.198. The third-order valence-electron chi connectivity index (χ3n) is 14.6. The first-order valence-electron chi connectivity index (χ1n) is 25.6. The molecule has 0 saturated heterocycles. The van der Waals surface area contributed by atoms with Crippen LogP contribution in [-0.4, -0.2) is 9.52 Å². The van der Waals surface area contributed by atoms with Crippen LogP contribution in [0.15, 0.2) is 109 Å². The topological polar surface area (TPSA) is 0 Å². The van der Waals surface area contributed by atoms with Gasteiger partial charge in [-0.2, -0.15) is 12.1 Å². The third kappa shape index (κ3) is 16.5. The number of fused-ring (bicyclic) bond motifs is 2. The number of benzene rings is 4. The molecule has 354 valence electrons. The molecule has 0 N–H and O–H groups in total. The maximum absolute atomic E-state index is 4.93. The zero-order chi connectivity index (χ0) is 47.8. The molecule has 0 aliphatic heterocycles. The van der Waals surface area contributed by atoms with Crippen LogP contribution in [-0.2, 0) is 44.5 Å². The monoisotopic (exact) mass is 1020 g/mol. The van der Waals surface area contributed by atoms with E-state index < -0.39 is 20.8 Å². The number of halogens is 2. The van der Waals surface area contributed by atoms with Crippen molar-refractivity contribution in [3.8, 4) is 22.3 Å². The molecule has 0 nitrogen and oxygen atoms in total. The minimum atomic E-state index is -0.826. The van der Waals surface area contributed by atoms with Gasteiger partial charge in [0.05, 0.1) is 0 Å². The Morgan fingerprint density at radius 3 is 1.06 bits per heavy atom. The van der Waals surface area contributed by atoms with E-state index in [4.69, 9.17) is 17.0 Å². The number of hydrogen-bond donors (Lipinski definition) is 0. The molecule has 0 aromatic heterocycles. The molecule has 0 bridgehead atoms. The van der Waals surface area contributed by atoms with Crippen molar-refractivity contribution in [2.45, 2.75) is 195 Å². The van der Waals surface area contributed by atoms with Gasteiger partial charge in [0, 0.05) is 9.52 Å². The van der Waals surface area contributed by atoms with E-state index in [1.165, 1.54) is 182 Å². The second-order valence-corrected chi connectivity index (χ2v) is 27.5. The van der Waals surface area contributed by atoms with Gasteiger partial charge in [0.25, 0.3) is 0 Å². The Balaban J connectivity index is 0.000000221. The summed E-state index contributed by atoms with van der Waals surface area (Å²) < 4.78 is 0. The molecule has 4 heteroatoms. The Morgan fingerprint density at radius 1 is 0.485 bits per heavy atom. The van der Waals surface area contributed by atoms with Gasteiger partial charge in [0.2, 0.25) is 0 Å². The SMILES string of the molecule is CC1(Cc2cc3c(-c4ccc(C(C)(C)C)cc4)cccc3[cH-]2)CCCCCCCC1.CC1(Cc2cc3c(-c4ccc(C(C)(C)C)cc4)cccc3[cH-]2)CCCCCCCC1.C[Si]C.[Cl][Zr+2][Cl]. The molecule has 8 rings (SSSR count). The van der Waals surface area contributed by atoms with E-state index in [1.807, 2.05) is 0 Å². The van der Waals surface area contributed by atoms with Crippen LogP contribution in [0.25, 0.3) is 43.8 Å². The number of hydrogen-bond acceptors (Lipinski definition) is 0. The predicted molar refractivity (Wildman–Crippen MR) is 294 cm³/mol. The maximum atomic E-state index is 4.93. The van der Waals surface area contributed by atoms with Crippen molar-refractivity contribution in [1.29, 1.82) is 0 Å².